The Morgan fingerprint density at radius 2 is 1.47 bits per heavy atom. The molecule has 6 nitrogen and oxygen atoms in total. The third-order valence-electron chi connectivity index (χ3n) is 1.73. The zero-order valence-corrected chi connectivity index (χ0v) is 10.4. The van der Waals surface area contributed by atoms with Gasteiger partial charge in [0.25, 0.3) is 0 Å². The molecule has 0 aromatic rings. The van der Waals surface area contributed by atoms with Crippen LogP contribution < -0.4 is 0 Å². The minimum absolute atomic E-state index is 0.134. The summed E-state index contributed by atoms with van der Waals surface area (Å²) >= 11 is 0. The van der Waals surface area contributed by atoms with E-state index in [2.05, 4.69) is 13.2 Å². The number of carbonyl (C=O) groups is 3. The summed E-state index contributed by atoms with van der Waals surface area (Å²) in [6.07, 6.45) is 6.17. The van der Waals surface area contributed by atoms with E-state index in [1.54, 1.807) is 25.2 Å². The van der Waals surface area contributed by atoms with Crippen LogP contribution >= 0.6 is 0 Å². The molecule has 104 valence electrons. The Hall–Kier alpha value is -2.63. The zero-order chi connectivity index (χ0) is 15.4. The van der Waals surface area contributed by atoms with Gasteiger partial charge in [-0.1, -0.05) is 38.3 Å². The quantitative estimate of drug-likeness (QED) is 0.499. The van der Waals surface area contributed by atoms with Gasteiger partial charge in [-0.05, 0) is 0 Å². The molecule has 0 saturated heterocycles. The van der Waals surface area contributed by atoms with Crippen molar-refractivity contribution in [3.05, 3.63) is 49.1 Å². The van der Waals surface area contributed by atoms with Crippen molar-refractivity contribution >= 4 is 17.9 Å². The van der Waals surface area contributed by atoms with Crippen LogP contribution in [0.5, 0.6) is 0 Å². The van der Waals surface area contributed by atoms with Crippen molar-refractivity contribution in [1.29, 1.82) is 0 Å². The van der Waals surface area contributed by atoms with Crippen molar-refractivity contribution in [3.8, 4) is 0 Å². The van der Waals surface area contributed by atoms with E-state index in [4.69, 9.17) is 15.3 Å². The van der Waals surface area contributed by atoms with Crippen molar-refractivity contribution in [1.82, 2.24) is 0 Å². The first kappa shape index (κ1) is 18.7. The Morgan fingerprint density at radius 1 is 1.05 bits per heavy atom. The summed E-state index contributed by atoms with van der Waals surface area (Å²) in [5.74, 6) is -3.60. The lowest BCUT2D eigenvalue weighted by atomic mass is 10.0. The predicted octanol–water partition coefficient (Wildman–Crippen LogP) is 1.72. The molecular weight excluding hydrogens is 252 g/mol. The van der Waals surface area contributed by atoms with Gasteiger partial charge >= 0.3 is 17.9 Å². The molecule has 6 heteroatoms. The van der Waals surface area contributed by atoms with E-state index in [1.165, 1.54) is 0 Å². The Bertz CT molecular complexity index is 401. The molecular formula is C13H16O6. The summed E-state index contributed by atoms with van der Waals surface area (Å²) < 4.78 is 0. The van der Waals surface area contributed by atoms with Crippen molar-refractivity contribution in [2.45, 2.75) is 6.92 Å². The lowest BCUT2D eigenvalue weighted by Crippen LogP contribution is -2.05. The van der Waals surface area contributed by atoms with Crippen LogP contribution in [-0.2, 0) is 14.4 Å². The van der Waals surface area contributed by atoms with Gasteiger partial charge in [0.05, 0.1) is 0 Å². The maximum absolute atomic E-state index is 10.3. The number of carboxylic acid groups (broad SMARTS) is 3. The molecule has 0 aliphatic rings. The topological polar surface area (TPSA) is 112 Å². The fourth-order valence-corrected chi connectivity index (χ4v) is 0.699. The van der Waals surface area contributed by atoms with E-state index >= 15 is 0 Å². The van der Waals surface area contributed by atoms with Gasteiger partial charge in [0.2, 0.25) is 0 Å². The van der Waals surface area contributed by atoms with Crippen molar-refractivity contribution in [2.75, 3.05) is 0 Å². The second-order valence-corrected chi connectivity index (χ2v) is 3.25. The maximum Gasteiger partial charge on any atom is 0.331 e. The molecule has 1 unspecified atom stereocenters. The molecule has 0 heterocycles. The predicted molar refractivity (Wildman–Crippen MR) is 69.7 cm³/mol. The molecule has 0 aliphatic heterocycles. The number of carboxylic acids is 3. The van der Waals surface area contributed by atoms with Gasteiger partial charge in [-0.25, -0.2) is 14.4 Å². The number of allylic oxidation sites excluding steroid dienone is 3. The summed E-state index contributed by atoms with van der Waals surface area (Å²) in [5.41, 5.74) is 0.197. The molecule has 0 rings (SSSR count). The molecule has 0 bridgehead atoms. The second-order valence-electron chi connectivity index (χ2n) is 3.25. The van der Waals surface area contributed by atoms with E-state index in [9.17, 15) is 14.4 Å². The zero-order valence-electron chi connectivity index (χ0n) is 10.4. The van der Waals surface area contributed by atoms with Gasteiger partial charge in [-0.2, -0.15) is 0 Å². The van der Waals surface area contributed by atoms with Gasteiger partial charge in [-0.3, -0.25) is 0 Å². The lowest BCUT2D eigenvalue weighted by Gasteiger charge is -2.03. The number of hydrogen-bond donors (Lipinski definition) is 3. The number of hydrogen-bond acceptors (Lipinski definition) is 3. The lowest BCUT2D eigenvalue weighted by molar-refractivity contribution is -0.134. The molecule has 0 spiro atoms. The highest BCUT2D eigenvalue weighted by molar-refractivity contribution is 5.89. The van der Waals surface area contributed by atoms with Crippen LogP contribution in [0.3, 0.4) is 0 Å². The molecule has 1 atom stereocenters. The fourth-order valence-electron chi connectivity index (χ4n) is 0.699. The van der Waals surface area contributed by atoms with Crippen LogP contribution in [0.2, 0.25) is 0 Å². The Kier molecular flexibility index (Phi) is 10.4. The first-order valence-electron chi connectivity index (χ1n) is 5.07. The van der Waals surface area contributed by atoms with Gasteiger partial charge in [0.1, 0.15) is 0 Å². The summed E-state index contributed by atoms with van der Waals surface area (Å²) in [5, 5.41) is 24.1. The normalized spacial score (nSPS) is 11.4. The highest BCUT2D eigenvalue weighted by Gasteiger charge is 2.08. The van der Waals surface area contributed by atoms with Crippen molar-refractivity contribution < 1.29 is 29.7 Å². The third-order valence-corrected chi connectivity index (χ3v) is 1.73. The highest BCUT2D eigenvalue weighted by atomic mass is 16.4. The van der Waals surface area contributed by atoms with Crippen LogP contribution in [0.4, 0.5) is 0 Å². The van der Waals surface area contributed by atoms with Crippen molar-refractivity contribution in [2.24, 2.45) is 5.92 Å². The summed E-state index contributed by atoms with van der Waals surface area (Å²) in [6, 6.07) is 0. The van der Waals surface area contributed by atoms with E-state index < -0.39 is 17.9 Å². The summed E-state index contributed by atoms with van der Waals surface area (Å²) in [7, 11) is 0. The molecule has 0 amide bonds. The smallest absolute Gasteiger partial charge is 0.331 e. The van der Waals surface area contributed by atoms with E-state index in [0.29, 0.717) is 12.2 Å². The second kappa shape index (κ2) is 10.5. The van der Waals surface area contributed by atoms with Crippen molar-refractivity contribution in [3.63, 3.8) is 0 Å². The summed E-state index contributed by atoms with van der Waals surface area (Å²) in [4.78, 5) is 29.5. The van der Waals surface area contributed by atoms with Gasteiger partial charge in [-0.15, -0.1) is 0 Å². The molecule has 0 saturated carbocycles. The van der Waals surface area contributed by atoms with Gasteiger partial charge in [0.15, 0.2) is 0 Å². The largest absolute Gasteiger partial charge is 0.478 e. The molecule has 19 heavy (non-hydrogen) atoms. The van der Waals surface area contributed by atoms with Crippen LogP contribution in [0.15, 0.2) is 49.1 Å². The highest BCUT2D eigenvalue weighted by Crippen LogP contribution is 2.09. The maximum atomic E-state index is 10.3. The van der Waals surface area contributed by atoms with Gasteiger partial charge < -0.3 is 15.3 Å². The Balaban J connectivity index is 0. The minimum atomic E-state index is -1.26. The average Bonchev–Trinajstić information content (AvgIpc) is 2.33. The van der Waals surface area contributed by atoms with Gasteiger partial charge in [0, 0.05) is 23.6 Å². The Morgan fingerprint density at radius 3 is 1.74 bits per heavy atom. The van der Waals surface area contributed by atoms with Crippen LogP contribution in [-0.4, -0.2) is 33.2 Å². The number of rotatable bonds is 6. The molecule has 0 aromatic carbocycles. The monoisotopic (exact) mass is 268 g/mol. The molecule has 0 aliphatic carbocycles. The minimum Gasteiger partial charge on any atom is -0.478 e. The number of aliphatic carboxylic acids is 3. The Labute approximate surface area is 110 Å². The van der Waals surface area contributed by atoms with E-state index in [1.807, 2.05) is 0 Å². The molecule has 0 fully saturated rings. The summed E-state index contributed by atoms with van der Waals surface area (Å²) in [6.45, 7) is 8.67. The molecule has 0 aromatic heterocycles. The average molecular weight is 268 g/mol. The van der Waals surface area contributed by atoms with Crippen LogP contribution in [0.25, 0.3) is 0 Å². The standard InChI is InChI=1S/C9H12O2.C4H4O4/c1-4-5-6-7(2)8(3)9(10)11;5-3(6)1-2-4(7)8/h4-7H,1,3H2,2H3,(H,10,11);1-2H,(H,5,6)(H,7,8)/b;2-1-. The van der Waals surface area contributed by atoms with E-state index in [0.717, 1.165) is 0 Å². The third kappa shape index (κ3) is 13.3. The molecule has 3 N–H and O–H groups in total. The molecule has 0 radical (unpaired) electrons. The van der Waals surface area contributed by atoms with Crippen LogP contribution in [0.1, 0.15) is 6.92 Å². The fraction of sp³-hybridized carbons (Fsp3) is 0.154. The first-order chi connectivity index (χ1) is 8.72. The SMILES string of the molecule is C=CC=CC(C)C(=C)C(=O)O.O=C(O)/C=C\C(=O)O. The first-order valence-corrected chi connectivity index (χ1v) is 5.07. The van der Waals surface area contributed by atoms with Crippen LogP contribution in [0, 0.1) is 5.92 Å². The van der Waals surface area contributed by atoms with E-state index in [-0.39, 0.29) is 11.5 Å².